The summed E-state index contributed by atoms with van der Waals surface area (Å²) in [5, 5.41) is 2.96. The number of hydrogen-bond acceptors (Lipinski definition) is 5. The minimum atomic E-state index is -0.323. The van der Waals surface area contributed by atoms with Crippen LogP contribution in [0.4, 0.5) is 5.69 Å². The Kier molecular flexibility index (Phi) is 7.85. The van der Waals surface area contributed by atoms with Crippen LogP contribution in [-0.2, 0) is 20.9 Å². The second-order valence-corrected chi connectivity index (χ2v) is 7.55. The van der Waals surface area contributed by atoms with Crippen LogP contribution in [0.5, 0.6) is 5.75 Å². The van der Waals surface area contributed by atoms with Crippen molar-refractivity contribution in [2.75, 3.05) is 25.0 Å². The molecule has 1 saturated heterocycles. The number of nitrogens with zero attached hydrogens (tertiary/aromatic N) is 1. The van der Waals surface area contributed by atoms with E-state index in [0.29, 0.717) is 19.8 Å². The lowest BCUT2D eigenvalue weighted by Gasteiger charge is -2.35. The highest BCUT2D eigenvalue weighted by molar-refractivity contribution is 5.94. The van der Waals surface area contributed by atoms with Gasteiger partial charge in [0, 0.05) is 12.2 Å². The number of ether oxygens (including phenoxy) is 2. The van der Waals surface area contributed by atoms with Crippen LogP contribution in [-0.4, -0.2) is 42.5 Å². The first-order chi connectivity index (χ1) is 14.6. The van der Waals surface area contributed by atoms with E-state index >= 15 is 0 Å². The normalized spacial score (nSPS) is 17.7. The summed E-state index contributed by atoms with van der Waals surface area (Å²) < 4.78 is 10.9. The molecule has 1 fully saturated rings. The van der Waals surface area contributed by atoms with Crippen molar-refractivity contribution >= 4 is 17.6 Å². The first kappa shape index (κ1) is 21.8. The van der Waals surface area contributed by atoms with E-state index in [1.165, 1.54) is 0 Å². The number of likely N-dealkylation sites (tertiary alicyclic amines) is 1. The average molecular weight is 411 g/mol. The number of amides is 1. The van der Waals surface area contributed by atoms with Gasteiger partial charge >= 0.3 is 5.97 Å². The van der Waals surface area contributed by atoms with Gasteiger partial charge in [0.2, 0.25) is 5.91 Å². The third kappa shape index (κ3) is 6.07. The van der Waals surface area contributed by atoms with Crippen molar-refractivity contribution in [3.05, 3.63) is 60.2 Å². The van der Waals surface area contributed by atoms with E-state index in [2.05, 4.69) is 10.2 Å². The van der Waals surface area contributed by atoms with Crippen LogP contribution < -0.4 is 10.1 Å². The number of nitrogens with one attached hydrogen (secondary N) is 1. The zero-order chi connectivity index (χ0) is 21.3. The number of benzene rings is 2. The maximum absolute atomic E-state index is 12.7. The lowest BCUT2D eigenvalue weighted by Crippen LogP contribution is -2.48. The van der Waals surface area contributed by atoms with Crippen molar-refractivity contribution in [2.45, 2.75) is 39.3 Å². The predicted molar refractivity (Wildman–Crippen MR) is 116 cm³/mol. The summed E-state index contributed by atoms with van der Waals surface area (Å²) >= 11 is 0. The molecular formula is C24H30N2O4. The van der Waals surface area contributed by atoms with Gasteiger partial charge in [-0.25, -0.2) is 0 Å². The highest BCUT2D eigenvalue weighted by Crippen LogP contribution is 2.21. The topological polar surface area (TPSA) is 67.9 Å². The molecule has 0 aromatic heterocycles. The zero-order valence-electron chi connectivity index (χ0n) is 17.7. The molecule has 0 spiro atoms. The number of rotatable bonds is 8. The molecule has 2 unspecified atom stereocenters. The fourth-order valence-electron chi connectivity index (χ4n) is 3.60. The molecule has 160 valence electrons. The van der Waals surface area contributed by atoms with Crippen LogP contribution in [0.2, 0.25) is 0 Å². The molecule has 1 N–H and O–H groups in total. The average Bonchev–Trinajstić information content (AvgIpc) is 2.79. The summed E-state index contributed by atoms with van der Waals surface area (Å²) in [4.78, 5) is 26.8. The van der Waals surface area contributed by atoms with E-state index < -0.39 is 0 Å². The molecule has 1 heterocycles. The van der Waals surface area contributed by atoms with Gasteiger partial charge in [0.15, 0.2) is 0 Å². The maximum Gasteiger partial charge on any atom is 0.310 e. The number of carbonyl (C=O) groups excluding carboxylic acids is 2. The molecule has 30 heavy (non-hydrogen) atoms. The third-order valence-corrected chi connectivity index (χ3v) is 5.37. The van der Waals surface area contributed by atoms with Crippen molar-refractivity contribution in [1.29, 1.82) is 0 Å². The van der Waals surface area contributed by atoms with E-state index in [4.69, 9.17) is 9.47 Å². The largest absolute Gasteiger partial charge is 0.489 e. The van der Waals surface area contributed by atoms with Gasteiger partial charge in [-0.1, -0.05) is 30.3 Å². The van der Waals surface area contributed by atoms with Gasteiger partial charge in [0.1, 0.15) is 12.4 Å². The molecule has 0 saturated carbocycles. The summed E-state index contributed by atoms with van der Waals surface area (Å²) in [6.45, 7) is 5.93. The minimum Gasteiger partial charge on any atom is -0.489 e. The van der Waals surface area contributed by atoms with Crippen molar-refractivity contribution in [1.82, 2.24) is 4.90 Å². The van der Waals surface area contributed by atoms with Crippen LogP contribution in [0.25, 0.3) is 0 Å². The molecule has 2 atom stereocenters. The Morgan fingerprint density at radius 3 is 2.57 bits per heavy atom. The molecule has 6 heteroatoms. The summed E-state index contributed by atoms with van der Waals surface area (Å²) in [6, 6.07) is 17.0. The van der Waals surface area contributed by atoms with Crippen LogP contribution in [0.3, 0.4) is 0 Å². The molecule has 0 bridgehead atoms. The molecule has 1 amide bonds. The zero-order valence-corrected chi connectivity index (χ0v) is 17.7. The summed E-state index contributed by atoms with van der Waals surface area (Å²) in [7, 11) is 0. The Balaban J connectivity index is 1.50. The molecule has 0 radical (unpaired) electrons. The van der Waals surface area contributed by atoms with Gasteiger partial charge < -0.3 is 14.8 Å². The molecule has 2 aromatic carbocycles. The fourth-order valence-corrected chi connectivity index (χ4v) is 3.60. The molecule has 6 nitrogen and oxygen atoms in total. The Morgan fingerprint density at radius 2 is 1.87 bits per heavy atom. The monoisotopic (exact) mass is 410 g/mol. The molecule has 3 rings (SSSR count). The third-order valence-electron chi connectivity index (χ3n) is 5.37. The number of anilines is 1. The summed E-state index contributed by atoms with van der Waals surface area (Å²) in [5.74, 6) is 0.339. The van der Waals surface area contributed by atoms with Gasteiger partial charge in [0.05, 0.1) is 18.6 Å². The van der Waals surface area contributed by atoms with E-state index in [1.807, 2.05) is 68.4 Å². The first-order valence-corrected chi connectivity index (χ1v) is 10.5. The van der Waals surface area contributed by atoms with E-state index in [1.54, 1.807) is 0 Å². The van der Waals surface area contributed by atoms with Crippen LogP contribution in [0.15, 0.2) is 54.6 Å². The van der Waals surface area contributed by atoms with Crippen LogP contribution in [0, 0.1) is 5.92 Å². The van der Waals surface area contributed by atoms with Crippen molar-refractivity contribution in [3.8, 4) is 5.75 Å². The Labute approximate surface area is 178 Å². The van der Waals surface area contributed by atoms with Gasteiger partial charge in [-0.2, -0.15) is 0 Å². The molecule has 1 aliphatic rings. The standard InChI is InChI=1S/C24H30N2O4/c1-3-29-24(28)20-10-7-15-26(16-20)18(2)23(27)25-21-11-13-22(14-12-21)30-17-19-8-5-4-6-9-19/h4-6,8-9,11-14,18,20H,3,7,10,15-17H2,1-2H3,(H,25,27). The fraction of sp³-hybridized carbons (Fsp3) is 0.417. The Hall–Kier alpha value is -2.86. The van der Waals surface area contributed by atoms with Gasteiger partial charge in [0.25, 0.3) is 0 Å². The van der Waals surface area contributed by atoms with E-state index in [-0.39, 0.29) is 23.8 Å². The van der Waals surface area contributed by atoms with Gasteiger partial charge in [-0.05, 0) is 63.1 Å². The number of esters is 1. The smallest absolute Gasteiger partial charge is 0.310 e. The number of hydrogen-bond donors (Lipinski definition) is 1. The molecule has 2 aromatic rings. The maximum atomic E-state index is 12.7. The van der Waals surface area contributed by atoms with Crippen LogP contribution >= 0.6 is 0 Å². The summed E-state index contributed by atoms with van der Waals surface area (Å²) in [5.41, 5.74) is 1.82. The molecule has 1 aliphatic heterocycles. The first-order valence-electron chi connectivity index (χ1n) is 10.5. The lowest BCUT2D eigenvalue weighted by atomic mass is 9.97. The predicted octanol–water partition coefficient (Wildman–Crippen LogP) is 3.87. The second kappa shape index (κ2) is 10.8. The van der Waals surface area contributed by atoms with E-state index in [0.717, 1.165) is 36.4 Å². The van der Waals surface area contributed by atoms with Crippen LogP contribution in [0.1, 0.15) is 32.3 Å². The molecular weight excluding hydrogens is 380 g/mol. The van der Waals surface area contributed by atoms with Gasteiger partial charge in [-0.3, -0.25) is 14.5 Å². The van der Waals surface area contributed by atoms with Crippen molar-refractivity contribution in [3.63, 3.8) is 0 Å². The van der Waals surface area contributed by atoms with E-state index in [9.17, 15) is 9.59 Å². The second-order valence-electron chi connectivity index (χ2n) is 7.55. The SMILES string of the molecule is CCOC(=O)C1CCCN(C(C)C(=O)Nc2ccc(OCc3ccccc3)cc2)C1. The Morgan fingerprint density at radius 1 is 1.13 bits per heavy atom. The quantitative estimate of drug-likeness (QED) is 0.669. The lowest BCUT2D eigenvalue weighted by molar-refractivity contribution is -0.150. The highest BCUT2D eigenvalue weighted by atomic mass is 16.5. The van der Waals surface area contributed by atoms with Gasteiger partial charge in [-0.15, -0.1) is 0 Å². The minimum absolute atomic E-state index is 0.0857. The Bertz CT molecular complexity index is 823. The van der Waals surface area contributed by atoms with Crippen molar-refractivity contribution < 1.29 is 19.1 Å². The highest BCUT2D eigenvalue weighted by Gasteiger charge is 2.31. The molecule has 0 aliphatic carbocycles. The van der Waals surface area contributed by atoms with Crippen molar-refractivity contribution in [2.24, 2.45) is 5.92 Å². The number of carbonyl (C=O) groups is 2. The summed E-state index contributed by atoms with van der Waals surface area (Å²) in [6.07, 6.45) is 1.70. The number of piperidine rings is 1.